The van der Waals surface area contributed by atoms with Crippen molar-refractivity contribution in [3.8, 4) is 0 Å². The minimum atomic E-state index is -0.120. The molecule has 1 aliphatic carbocycles. The second-order valence-electron chi connectivity index (χ2n) is 5.45. The van der Waals surface area contributed by atoms with E-state index in [9.17, 15) is 4.79 Å². The molecule has 1 unspecified atom stereocenters. The van der Waals surface area contributed by atoms with Crippen molar-refractivity contribution in [1.29, 1.82) is 0 Å². The molecule has 0 heterocycles. The molecule has 1 rings (SSSR count). The fraction of sp³-hybridized carbons (Fsp3) is 0.929. The number of hydrogen-bond donors (Lipinski definition) is 2. The molecular formula is C14H28N2O2. The van der Waals surface area contributed by atoms with Crippen LogP contribution < -0.4 is 10.6 Å². The van der Waals surface area contributed by atoms with Crippen molar-refractivity contribution in [2.75, 3.05) is 26.8 Å². The maximum atomic E-state index is 11.8. The number of nitrogens with one attached hydrogen (secondary N) is 2. The zero-order valence-corrected chi connectivity index (χ0v) is 12.1. The van der Waals surface area contributed by atoms with Crippen LogP contribution >= 0.6 is 0 Å². The highest BCUT2D eigenvalue weighted by atomic mass is 16.5. The third-order valence-electron chi connectivity index (χ3n) is 4.20. The third-order valence-corrected chi connectivity index (χ3v) is 4.20. The number of carbonyl (C=O) groups is 1. The number of ether oxygens (including phenoxy) is 1. The van der Waals surface area contributed by atoms with Crippen molar-refractivity contribution in [3.63, 3.8) is 0 Å². The Morgan fingerprint density at radius 1 is 1.39 bits per heavy atom. The van der Waals surface area contributed by atoms with Gasteiger partial charge in [0.15, 0.2) is 0 Å². The molecular weight excluding hydrogens is 228 g/mol. The molecule has 4 nitrogen and oxygen atoms in total. The molecule has 1 fully saturated rings. The van der Waals surface area contributed by atoms with E-state index in [0.717, 1.165) is 6.54 Å². The molecule has 0 aromatic heterocycles. The number of carbonyl (C=O) groups excluding carboxylic acids is 1. The maximum Gasteiger partial charge on any atom is 0.236 e. The van der Waals surface area contributed by atoms with Crippen LogP contribution in [0.25, 0.3) is 0 Å². The molecule has 0 aromatic carbocycles. The van der Waals surface area contributed by atoms with Crippen LogP contribution in [-0.4, -0.2) is 38.8 Å². The van der Waals surface area contributed by atoms with Crippen LogP contribution in [0.4, 0.5) is 0 Å². The normalized spacial score (nSPS) is 19.7. The van der Waals surface area contributed by atoms with Crippen molar-refractivity contribution >= 4 is 5.91 Å². The summed E-state index contributed by atoms with van der Waals surface area (Å²) in [6, 6.07) is -0.120. The number of hydrogen-bond acceptors (Lipinski definition) is 3. The van der Waals surface area contributed by atoms with Crippen LogP contribution in [0.5, 0.6) is 0 Å². The van der Waals surface area contributed by atoms with E-state index in [2.05, 4.69) is 17.6 Å². The van der Waals surface area contributed by atoms with E-state index in [0.29, 0.717) is 18.6 Å². The van der Waals surface area contributed by atoms with Crippen molar-refractivity contribution in [2.45, 2.75) is 52.0 Å². The molecule has 1 saturated carbocycles. The first-order chi connectivity index (χ1) is 8.63. The monoisotopic (exact) mass is 256 g/mol. The van der Waals surface area contributed by atoms with Crippen LogP contribution in [0.1, 0.15) is 46.0 Å². The molecule has 1 aliphatic rings. The van der Waals surface area contributed by atoms with E-state index in [1.807, 2.05) is 6.92 Å². The Balaban J connectivity index is 2.26. The van der Waals surface area contributed by atoms with Crippen LogP contribution in [0.3, 0.4) is 0 Å². The van der Waals surface area contributed by atoms with Gasteiger partial charge in [0.25, 0.3) is 0 Å². The van der Waals surface area contributed by atoms with E-state index in [4.69, 9.17) is 4.74 Å². The molecule has 0 aliphatic heterocycles. The highest BCUT2D eigenvalue weighted by molar-refractivity contribution is 5.81. The maximum absolute atomic E-state index is 11.8. The minimum Gasteiger partial charge on any atom is -0.383 e. The topological polar surface area (TPSA) is 50.4 Å². The van der Waals surface area contributed by atoms with Gasteiger partial charge in [-0.15, -0.1) is 0 Å². The van der Waals surface area contributed by atoms with Gasteiger partial charge < -0.3 is 15.4 Å². The van der Waals surface area contributed by atoms with Gasteiger partial charge in [-0.1, -0.05) is 19.8 Å². The molecule has 0 radical (unpaired) electrons. The van der Waals surface area contributed by atoms with Gasteiger partial charge in [-0.25, -0.2) is 0 Å². The van der Waals surface area contributed by atoms with Gasteiger partial charge in [0.05, 0.1) is 12.6 Å². The summed E-state index contributed by atoms with van der Waals surface area (Å²) in [7, 11) is 1.64. The lowest BCUT2D eigenvalue weighted by Gasteiger charge is -2.29. The van der Waals surface area contributed by atoms with Gasteiger partial charge >= 0.3 is 0 Å². The predicted octanol–water partition coefficient (Wildman–Crippen LogP) is 1.70. The van der Waals surface area contributed by atoms with E-state index in [1.54, 1.807) is 7.11 Å². The summed E-state index contributed by atoms with van der Waals surface area (Å²) in [5, 5.41) is 6.25. The number of methoxy groups -OCH3 is 1. The van der Waals surface area contributed by atoms with Crippen molar-refractivity contribution in [1.82, 2.24) is 10.6 Å². The smallest absolute Gasteiger partial charge is 0.236 e. The van der Waals surface area contributed by atoms with Crippen molar-refractivity contribution < 1.29 is 9.53 Å². The fourth-order valence-electron chi connectivity index (χ4n) is 2.67. The standard InChI is InChI=1S/C14H28N2O2/c1-4-14(7-5-6-8-14)11-16-12(2)13(17)15-9-10-18-3/h12,16H,4-11H2,1-3H3,(H,15,17). The first-order valence-electron chi connectivity index (χ1n) is 7.13. The van der Waals surface area contributed by atoms with Gasteiger partial charge in [0.2, 0.25) is 5.91 Å². The third kappa shape index (κ3) is 4.58. The molecule has 1 atom stereocenters. The highest BCUT2D eigenvalue weighted by Crippen LogP contribution is 2.40. The van der Waals surface area contributed by atoms with Crippen LogP contribution in [0.2, 0.25) is 0 Å². The molecule has 2 N–H and O–H groups in total. The summed E-state index contributed by atoms with van der Waals surface area (Å²) in [6.07, 6.45) is 6.48. The van der Waals surface area contributed by atoms with Gasteiger partial charge in [-0.2, -0.15) is 0 Å². The molecule has 106 valence electrons. The Hall–Kier alpha value is -0.610. The summed E-state index contributed by atoms with van der Waals surface area (Å²) in [6.45, 7) is 6.30. The van der Waals surface area contributed by atoms with E-state index >= 15 is 0 Å². The minimum absolute atomic E-state index is 0.0660. The number of amides is 1. The molecule has 0 bridgehead atoms. The van der Waals surface area contributed by atoms with Gasteiger partial charge in [-0.05, 0) is 31.6 Å². The van der Waals surface area contributed by atoms with Gasteiger partial charge in [0.1, 0.15) is 0 Å². The Morgan fingerprint density at radius 2 is 2.06 bits per heavy atom. The molecule has 0 spiro atoms. The summed E-state index contributed by atoms with van der Waals surface area (Å²) in [5.74, 6) is 0.0660. The lowest BCUT2D eigenvalue weighted by atomic mass is 9.83. The average Bonchev–Trinajstić information content (AvgIpc) is 2.85. The van der Waals surface area contributed by atoms with E-state index < -0.39 is 0 Å². The SMILES string of the molecule is CCC1(CNC(C)C(=O)NCCOC)CCCC1. The highest BCUT2D eigenvalue weighted by Gasteiger charge is 2.32. The predicted molar refractivity (Wildman–Crippen MR) is 73.5 cm³/mol. The molecule has 0 aromatic rings. The second kappa shape index (κ2) is 7.74. The van der Waals surface area contributed by atoms with Crippen molar-refractivity contribution in [2.24, 2.45) is 5.41 Å². The lowest BCUT2D eigenvalue weighted by Crippen LogP contribution is -2.46. The molecule has 4 heteroatoms. The van der Waals surface area contributed by atoms with E-state index in [1.165, 1.54) is 32.1 Å². The van der Waals surface area contributed by atoms with Crippen LogP contribution in [-0.2, 0) is 9.53 Å². The lowest BCUT2D eigenvalue weighted by molar-refractivity contribution is -0.123. The van der Waals surface area contributed by atoms with Gasteiger partial charge in [-0.3, -0.25) is 4.79 Å². The molecule has 1 amide bonds. The second-order valence-corrected chi connectivity index (χ2v) is 5.45. The Kier molecular flexibility index (Phi) is 6.65. The Labute approximate surface area is 111 Å². The Bertz CT molecular complexity index is 250. The quantitative estimate of drug-likeness (QED) is 0.650. The van der Waals surface area contributed by atoms with E-state index in [-0.39, 0.29) is 11.9 Å². The summed E-state index contributed by atoms with van der Waals surface area (Å²) < 4.78 is 4.91. The zero-order chi connectivity index (χ0) is 13.4. The fourth-order valence-corrected chi connectivity index (χ4v) is 2.67. The zero-order valence-electron chi connectivity index (χ0n) is 12.1. The Morgan fingerprint density at radius 3 is 2.61 bits per heavy atom. The molecule has 18 heavy (non-hydrogen) atoms. The first kappa shape index (κ1) is 15.4. The summed E-state index contributed by atoms with van der Waals surface area (Å²) >= 11 is 0. The van der Waals surface area contributed by atoms with Gasteiger partial charge in [0, 0.05) is 20.2 Å². The largest absolute Gasteiger partial charge is 0.383 e. The average molecular weight is 256 g/mol. The first-order valence-corrected chi connectivity index (χ1v) is 7.13. The summed E-state index contributed by atoms with van der Waals surface area (Å²) in [5.41, 5.74) is 0.432. The molecule has 0 saturated heterocycles. The number of rotatable bonds is 8. The van der Waals surface area contributed by atoms with Crippen molar-refractivity contribution in [3.05, 3.63) is 0 Å². The van der Waals surface area contributed by atoms with Crippen LogP contribution in [0, 0.1) is 5.41 Å². The van der Waals surface area contributed by atoms with Crippen LogP contribution in [0.15, 0.2) is 0 Å². The summed E-state index contributed by atoms with van der Waals surface area (Å²) in [4.78, 5) is 11.8.